The molecule has 0 atom stereocenters. The Kier molecular flexibility index (Phi) is 4.60. The fraction of sp³-hybridized carbons (Fsp3) is 0.250. The highest BCUT2D eigenvalue weighted by molar-refractivity contribution is 6.20. The third-order valence-electron chi connectivity index (χ3n) is 4.68. The van der Waals surface area contributed by atoms with Gasteiger partial charge in [0.25, 0.3) is 0 Å². The zero-order chi connectivity index (χ0) is 18.8. The maximum Gasteiger partial charge on any atom is 0.133 e. The van der Waals surface area contributed by atoms with E-state index in [9.17, 15) is 5.11 Å². The zero-order valence-corrected chi connectivity index (χ0v) is 15.1. The SMILES string of the molecule is Cc1nc(/C(=N/N)c2c(O)ccc3ccccc23)cc(N2CCOCC2)n1. The molecule has 1 aliphatic rings. The Hall–Kier alpha value is -3.19. The van der Waals surface area contributed by atoms with Crippen LogP contribution < -0.4 is 10.7 Å². The fourth-order valence-corrected chi connectivity index (χ4v) is 3.40. The van der Waals surface area contributed by atoms with Gasteiger partial charge in [-0.2, -0.15) is 5.10 Å². The van der Waals surface area contributed by atoms with Crippen LogP contribution in [0.2, 0.25) is 0 Å². The van der Waals surface area contributed by atoms with Gasteiger partial charge in [-0.25, -0.2) is 9.97 Å². The number of benzene rings is 2. The van der Waals surface area contributed by atoms with E-state index in [-0.39, 0.29) is 5.75 Å². The van der Waals surface area contributed by atoms with Crippen molar-refractivity contribution in [3.05, 3.63) is 59.5 Å². The van der Waals surface area contributed by atoms with Crippen molar-refractivity contribution in [2.45, 2.75) is 6.92 Å². The highest BCUT2D eigenvalue weighted by Crippen LogP contribution is 2.30. The first-order valence-corrected chi connectivity index (χ1v) is 8.85. The first kappa shape index (κ1) is 17.2. The van der Waals surface area contributed by atoms with Crippen molar-refractivity contribution in [1.82, 2.24) is 9.97 Å². The number of anilines is 1. The lowest BCUT2D eigenvalue weighted by molar-refractivity contribution is 0.122. The van der Waals surface area contributed by atoms with Gasteiger partial charge >= 0.3 is 0 Å². The molecule has 7 heteroatoms. The first-order valence-electron chi connectivity index (χ1n) is 8.85. The number of nitrogens with zero attached hydrogens (tertiary/aromatic N) is 4. The van der Waals surface area contributed by atoms with Crippen LogP contribution in [0.5, 0.6) is 5.75 Å². The van der Waals surface area contributed by atoms with E-state index in [0.29, 0.717) is 36.0 Å². The van der Waals surface area contributed by atoms with E-state index in [0.717, 1.165) is 29.7 Å². The zero-order valence-electron chi connectivity index (χ0n) is 15.1. The lowest BCUT2D eigenvalue weighted by atomic mass is 9.98. The summed E-state index contributed by atoms with van der Waals surface area (Å²) in [6, 6.07) is 13.2. The number of hydrogen-bond donors (Lipinski definition) is 2. The Bertz CT molecular complexity index is 1010. The highest BCUT2D eigenvalue weighted by atomic mass is 16.5. The number of morpholine rings is 1. The number of hydrogen-bond acceptors (Lipinski definition) is 7. The van der Waals surface area contributed by atoms with Gasteiger partial charge in [-0.05, 0) is 23.8 Å². The minimum absolute atomic E-state index is 0.113. The van der Waals surface area contributed by atoms with E-state index < -0.39 is 0 Å². The molecule has 138 valence electrons. The van der Waals surface area contributed by atoms with Gasteiger partial charge in [0.15, 0.2) is 0 Å². The molecule has 0 radical (unpaired) electrons. The molecule has 1 saturated heterocycles. The number of hydrazone groups is 1. The number of fused-ring (bicyclic) bond motifs is 1. The van der Waals surface area contributed by atoms with Crippen LogP contribution in [-0.4, -0.2) is 47.1 Å². The van der Waals surface area contributed by atoms with E-state index in [1.54, 1.807) is 6.07 Å². The van der Waals surface area contributed by atoms with Gasteiger partial charge in [0.05, 0.1) is 24.5 Å². The number of phenolic OH excluding ortho intramolecular Hbond substituents is 1. The second-order valence-corrected chi connectivity index (χ2v) is 6.42. The lowest BCUT2D eigenvalue weighted by Gasteiger charge is -2.28. The number of rotatable bonds is 3. The molecule has 2 heterocycles. The Morgan fingerprint density at radius 1 is 1.15 bits per heavy atom. The molecule has 0 aliphatic carbocycles. The van der Waals surface area contributed by atoms with Crippen LogP contribution in [0, 0.1) is 6.92 Å². The van der Waals surface area contributed by atoms with E-state index in [1.165, 1.54) is 0 Å². The summed E-state index contributed by atoms with van der Waals surface area (Å²) in [7, 11) is 0. The second kappa shape index (κ2) is 7.20. The molecule has 0 spiro atoms. The molecule has 1 fully saturated rings. The largest absolute Gasteiger partial charge is 0.507 e. The molecule has 1 aliphatic heterocycles. The van der Waals surface area contributed by atoms with Gasteiger partial charge in [-0.3, -0.25) is 0 Å². The quantitative estimate of drug-likeness (QED) is 0.421. The number of aryl methyl sites for hydroxylation is 1. The number of phenols is 1. The van der Waals surface area contributed by atoms with E-state index in [2.05, 4.69) is 20.0 Å². The highest BCUT2D eigenvalue weighted by Gasteiger charge is 2.20. The predicted molar refractivity (Wildman–Crippen MR) is 105 cm³/mol. The summed E-state index contributed by atoms with van der Waals surface area (Å²) < 4.78 is 5.42. The van der Waals surface area contributed by atoms with Gasteiger partial charge in [-0.1, -0.05) is 30.3 Å². The summed E-state index contributed by atoms with van der Waals surface area (Å²) in [5.74, 6) is 7.30. The summed E-state index contributed by atoms with van der Waals surface area (Å²) in [6.45, 7) is 4.71. The van der Waals surface area contributed by atoms with Crippen LogP contribution in [0.3, 0.4) is 0 Å². The molecule has 0 saturated carbocycles. The molecule has 7 nitrogen and oxygen atoms in total. The number of aromatic nitrogens is 2. The molecule has 4 rings (SSSR count). The Balaban J connectivity index is 1.85. The van der Waals surface area contributed by atoms with Crippen molar-refractivity contribution >= 4 is 22.3 Å². The first-order chi connectivity index (χ1) is 13.2. The summed E-state index contributed by atoms with van der Waals surface area (Å²) in [6.07, 6.45) is 0. The van der Waals surface area contributed by atoms with Crippen LogP contribution in [-0.2, 0) is 4.74 Å². The van der Waals surface area contributed by atoms with Gasteiger partial charge in [0, 0.05) is 19.2 Å². The monoisotopic (exact) mass is 363 g/mol. The molecule has 0 unspecified atom stereocenters. The summed E-state index contributed by atoms with van der Waals surface area (Å²) in [4.78, 5) is 11.2. The topological polar surface area (TPSA) is 96.9 Å². The molecule has 3 aromatic rings. The minimum atomic E-state index is 0.113. The van der Waals surface area contributed by atoms with E-state index in [4.69, 9.17) is 10.6 Å². The van der Waals surface area contributed by atoms with Gasteiger partial charge in [0.2, 0.25) is 0 Å². The van der Waals surface area contributed by atoms with Crippen molar-refractivity contribution < 1.29 is 9.84 Å². The molecule has 0 amide bonds. The third-order valence-corrected chi connectivity index (χ3v) is 4.68. The average Bonchev–Trinajstić information content (AvgIpc) is 2.70. The average molecular weight is 363 g/mol. The Morgan fingerprint density at radius 2 is 1.93 bits per heavy atom. The molecule has 27 heavy (non-hydrogen) atoms. The van der Waals surface area contributed by atoms with Crippen molar-refractivity contribution in [3.8, 4) is 5.75 Å². The van der Waals surface area contributed by atoms with Gasteiger partial charge in [-0.15, -0.1) is 0 Å². The third kappa shape index (κ3) is 3.29. The van der Waals surface area contributed by atoms with Crippen LogP contribution in [0.1, 0.15) is 17.1 Å². The van der Waals surface area contributed by atoms with Crippen molar-refractivity contribution in [2.75, 3.05) is 31.2 Å². The number of aromatic hydroxyl groups is 1. The van der Waals surface area contributed by atoms with Crippen molar-refractivity contribution in [2.24, 2.45) is 10.9 Å². The smallest absolute Gasteiger partial charge is 0.133 e. The second-order valence-electron chi connectivity index (χ2n) is 6.42. The Labute approximate surface area is 157 Å². The lowest BCUT2D eigenvalue weighted by Crippen LogP contribution is -2.37. The van der Waals surface area contributed by atoms with Crippen molar-refractivity contribution in [3.63, 3.8) is 0 Å². The van der Waals surface area contributed by atoms with E-state index >= 15 is 0 Å². The van der Waals surface area contributed by atoms with Gasteiger partial charge in [0.1, 0.15) is 23.1 Å². The summed E-state index contributed by atoms with van der Waals surface area (Å²) in [5, 5.41) is 16.4. The number of ether oxygens (including phenoxy) is 1. The fourth-order valence-electron chi connectivity index (χ4n) is 3.40. The van der Waals surface area contributed by atoms with Crippen molar-refractivity contribution in [1.29, 1.82) is 0 Å². The molecular formula is C20H21N5O2. The normalized spacial score (nSPS) is 15.3. The molecular weight excluding hydrogens is 342 g/mol. The minimum Gasteiger partial charge on any atom is -0.507 e. The standard InChI is InChI=1S/C20H21N5O2/c1-13-22-16(12-18(23-13)25-8-10-27-11-9-25)20(24-21)19-15-5-3-2-4-14(15)6-7-17(19)26/h2-7,12,26H,8-11,21H2,1H3/b24-20-. The van der Waals surface area contributed by atoms with Crippen LogP contribution in [0.15, 0.2) is 47.6 Å². The molecule has 2 aromatic carbocycles. The summed E-state index contributed by atoms with van der Waals surface area (Å²) in [5.41, 5.74) is 1.59. The Morgan fingerprint density at radius 3 is 2.70 bits per heavy atom. The summed E-state index contributed by atoms with van der Waals surface area (Å²) >= 11 is 0. The maximum atomic E-state index is 10.6. The predicted octanol–water partition coefficient (Wildman–Crippen LogP) is 2.19. The van der Waals surface area contributed by atoms with Crippen LogP contribution in [0.4, 0.5) is 5.82 Å². The maximum absolute atomic E-state index is 10.6. The van der Waals surface area contributed by atoms with Crippen LogP contribution in [0.25, 0.3) is 10.8 Å². The molecule has 0 bridgehead atoms. The van der Waals surface area contributed by atoms with Crippen LogP contribution >= 0.6 is 0 Å². The van der Waals surface area contributed by atoms with E-state index in [1.807, 2.05) is 43.3 Å². The molecule has 1 aromatic heterocycles. The number of nitrogens with two attached hydrogens (primary N) is 1. The molecule has 3 N–H and O–H groups in total. The van der Waals surface area contributed by atoms with Gasteiger partial charge < -0.3 is 20.6 Å².